The van der Waals surface area contributed by atoms with Crippen LogP contribution >= 0.6 is 23.8 Å². The lowest BCUT2D eigenvalue weighted by molar-refractivity contribution is 0.870. The second kappa shape index (κ2) is 5.99. The Bertz CT molecular complexity index is 821. The zero-order valence-electron chi connectivity index (χ0n) is 10.8. The van der Waals surface area contributed by atoms with Gasteiger partial charge in [-0.05, 0) is 48.6 Å². The Balaban J connectivity index is 2.00. The fourth-order valence-corrected chi connectivity index (χ4v) is 2.06. The molecule has 0 spiro atoms. The first-order chi connectivity index (χ1) is 10.2. The standard InChI is InChI=1S/C14H10ClN5S/c15-11-6-4-10(5-7-11)13-18-19-14(21)20(13)17-9-12-3-1-2-8-16-12/h1-9H,(H,19,21)/b17-9+. The van der Waals surface area contributed by atoms with E-state index < -0.39 is 0 Å². The van der Waals surface area contributed by atoms with Crippen molar-refractivity contribution in [3.8, 4) is 11.4 Å². The molecule has 0 unspecified atom stereocenters. The van der Waals surface area contributed by atoms with Gasteiger partial charge in [0.1, 0.15) is 0 Å². The van der Waals surface area contributed by atoms with Gasteiger partial charge in [-0.2, -0.15) is 14.9 Å². The molecule has 1 N–H and O–H groups in total. The van der Waals surface area contributed by atoms with Crippen LogP contribution in [0.1, 0.15) is 5.69 Å². The number of aromatic amines is 1. The van der Waals surface area contributed by atoms with Gasteiger partial charge in [0.05, 0.1) is 11.9 Å². The van der Waals surface area contributed by atoms with Gasteiger partial charge in [-0.15, -0.1) is 0 Å². The van der Waals surface area contributed by atoms with E-state index in [1.165, 1.54) is 0 Å². The third kappa shape index (κ3) is 3.07. The first-order valence-electron chi connectivity index (χ1n) is 6.13. The monoisotopic (exact) mass is 315 g/mol. The third-order valence-corrected chi connectivity index (χ3v) is 3.26. The van der Waals surface area contributed by atoms with E-state index in [4.69, 9.17) is 23.8 Å². The Kier molecular flexibility index (Phi) is 3.89. The van der Waals surface area contributed by atoms with Crippen molar-refractivity contribution in [3.05, 3.63) is 64.1 Å². The van der Waals surface area contributed by atoms with Gasteiger partial charge in [-0.3, -0.25) is 4.98 Å². The van der Waals surface area contributed by atoms with E-state index in [1.54, 1.807) is 29.2 Å². The second-order valence-electron chi connectivity index (χ2n) is 4.17. The molecule has 2 aromatic heterocycles. The molecule has 0 saturated carbocycles. The fraction of sp³-hybridized carbons (Fsp3) is 0. The predicted octanol–water partition coefficient (Wildman–Crippen LogP) is 3.54. The molecule has 0 fully saturated rings. The van der Waals surface area contributed by atoms with E-state index >= 15 is 0 Å². The van der Waals surface area contributed by atoms with Crippen LogP contribution in [0.5, 0.6) is 0 Å². The van der Waals surface area contributed by atoms with E-state index in [0.29, 0.717) is 15.6 Å². The summed E-state index contributed by atoms with van der Waals surface area (Å²) in [6.45, 7) is 0. The summed E-state index contributed by atoms with van der Waals surface area (Å²) in [6.07, 6.45) is 3.33. The van der Waals surface area contributed by atoms with Crippen molar-refractivity contribution < 1.29 is 0 Å². The third-order valence-electron chi connectivity index (χ3n) is 2.75. The van der Waals surface area contributed by atoms with Gasteiger partial charge in [0, 0.05) is 16.8 Å². The number of rotatable bonds is 3. The van der Waals surface area contributed by atoms with E-state index in [9.17, 15) is 0 Å². The van der Waals surface area contributed by atoms with Crippen molar-refractivity contribution in [1.29, 1.82) is 0 Å². The van der Waals surface area contributed by atoms with Gasteiger partial charge in [-0.1, -0.05) is 17.7 Å². The Morgan fingerprint density at radius 1 is 1.19 bits per heavy atom. The van der Waals surface area contributed by atoms with Crippen LogP contribution in [0.4, 0.5) is 0 Å². The highest BCUT2D eigenvalue weighted by Crippen LogP contribution is 2.19. The minimum absolute atomic E-state index is 0.409. The molecule has 2 heterocycles. The number of pyridine rings is 1. The summed E-state index contributed by atoms with van der Waals surface area (Å²) in [4.78, 5) is 4.18. The highest BCUT2D eigenvalue weighted by molar-refractivity contribution is 7.71. The van der Waals surface area contributed by atoms with Crippen LogP contribution in [0, 0.1) is 4.77 Å². The molecule has 0 amide bonds. The maximum Gasteiger partial charge on any atom is 0.216 e. The van der Waals surface area contributed by atoms with Crippen LogP contribution in [0.2, 0.25) is 5.02 Å². The van der Waals surface area contributed by atoms with Gasteiger partial charge >= 0.3 is 0 Å². The number of hydrogen-bond acceptors (Lipinski definition) is 4. The summed E-state index contributed by atoms with van der Waals surface area (Å²) in [6, 6.07) is 12.9. The lowest BCUT2D eigenvalue weighted by atomic mass is 10.2. The molecule has 3 aromatic rings. The molecular weight excluding hydrogens is 306 g/mol. The highest BCUT2D eigenvalue weighted by atomic mass is 35.5. The number of aromatic nitrogens is 4. The molecule has 3 rings (SSSR count). The zero-order chi connectivity index (χ0) is 14.7. The number of nitrogens with zero attached hydrogens (tertiary/aromatic N) is 4. The van der Waals surface area contributed by atoms with Crippen molar-refractivity contribution in [2.24, 2.45) is 5.10 Å². The maximum atomic E-state index is 5.89. The van der Waals surface area contributed by atoms with E-state index in [1.807, 2.05) is 30.3 Å². The van der Waals surface area contributed by atoms with E-state index in [2.05, 4.69) is 20.3 Å². The lowest BCUT2D eigenvalue weighted by Gasteiger charge is -2.00. The van der Waals surface area contributed by atoms with Gasteiger partial charge in [0.25, 0.3) is 0 Å². The number of hydrogen-bond donors (Lipinski definition) is 1. The average molecular weight is 316 g/mol. The summed E-state index contributed by atoms with van der Waals surface area (Å²) in [7, 11) is 0. The lowest BCUT2D eigenvalue weighted by Crippen LogP contribution is -1.95. The van der Waals surface area contributed by atoms with E-state index in [-0.39, 0.29) is 0 Å². The molecule has 7 heteroatoms. The largest absolute Gasteiger partial charge is 0.255 e. The van der Waals surface area contributed by atoms with Crippen molar-refractivity contribution in [3.63, 3.8) is 0 Å². The van der Waals surface area contributed by atoms with Gasteiger partial charge in [-0.25, -0.2) is 5.10 Å². The normalized spacial score (nSPS) is 11.1. The smallest absolute Gasteiger partial charge is 0.216 e. The maximum absolute atomic E-state index is 5.89. The Hall–Kier alpha value is -2.31. The Morgan fingerprint density at radius 3 is 2.71 bits per heavy atom. The quantitative estimate of drug-likeness (QED) is 0.594. The summed E-state index contributed by atoms with van der Waals surface area (Å²) in [5.41, 5.74) is 1.60. The second-order valence-corrected chi connectivity index (χ2v) is 4.99. The number of nitrogens with one attached hydrogen (secondary N) is 1. The molecular formula is C14H10ClN5S. The number of H-pyrrole nitrogens is 1. The van der Waals surface area contributed by atoms with Crippen molar-refractivity contribution in [1.82, 2.24) is 19.9 Å². The highest BCUT2D eigenvalue weighted by Gasteiger charge is 2.07. The van der Waals surface area contributed by atoms with Gasteiger partial charge in [0.2, 0.25) is 4.77 Å². The molecule has 0 aliphatic carbocycles. The van der Waals surface area contributed by atoms with Gasteiger partial charge in [0.15, 0.2) is 5.82 Å². The topological polar surface area (TPSA) is 58.9 Å². The fourth-order valence-electron chi connectivity index (χ4n) is 1.75. The van der Waals surface area contributed by atoms with Gasteiger partial charge < -0.3 is 0 Å². The molecule has 0 radical (unpaired) electrons. The SMILES string of the molecule is S=c1[nH]nc(-c2ccc(Cl)cc2)n1/N=C/c1ccccn1. The Labute approximate surface area is 130 Å². The molecule has 104 valence electrons. The molecule has 0 bridgehead atoms. The molecule has 0 saturated heterocycles. The zero-order valence-corrected chi connectivity index (χ0v) is 12.3. The molecule has 1 aromatic carbocycles. The van der Waals surface area contributed by atoms with Crippen LogP contribution in [-0.4, -0.2) is 26.1 Å². The predicted molar refractivity (Wildman–Crippen MR) is 85.1 cm³/mol. The van der Waals surface area contributed by atoms with Crippen LogP contribution in [-0.2, 0) is 0 Å². The van der Waals surface area contributed by atoms with Crippen molar-refractivity contribution in [2.75, 3.05) is 0 Å². The van der Waals surface area contributed by atoms with Crippen molar-refractivity contribution >= 4 is 30.0 Å². The number of halogens is 1. The summed E-state index contributed by atoms with van der Waals surface area (Å²) < 4.78 is 1.96. The molecule has 0 atom stereocenters. The molecule has 0 aliphatic rings. The molecule has 0 aliphatic heterocycles. The van der Waals surface area contributed by atoms with E-state index in [0.717, 1.165) is 11.3 Å². The first-order valence-corrected chi connectivity index (χ1v) is 6.91. The molecule has 5 nitrogen and oxygen atoms in total. The molecule has 21 heavy (non-hydrogen) atoms. The number of benzene rings is 1. The van der Waals surface area contributed by atoms with Crippen LogP contribution in [0.15, 0.2) is 53.8 Å². The summed E-state index contributed by atoms with van der Waals surface area (Å²) >= 11 is 11.1. The average Bonchev–Trinajstić information content (AvgIpc) is 2.88. The summed E-state index contributed by atoms with van der Waals surface area (Å²) in [5, 5.41) is 11.9. The van der Waals surface area contributed by atoms with Crippen LogP contribution in [0.3, 0.4) is 0 Å². The first kappa shape index (κ1) is 13.7. The van der Waals surface area contributed by atoms with Crippen LogP contribution in [0.25, 0.3) is 11.4 Å². The summed E-state index contributed by atoms with van der Waals surface area (Å²) in [5.74, 6) is 0.615. The van der Waals surface area contributed by atoms with Crippen molar-refractivity contribution in [2.45, 2.75) is 0 Å². The van der Waals surface area contributed by atoms with Crippen LogP contribution < -0.4 is 0 Å². The minimum atomic E-state index is 0.409. The Morgan fingerprint density at radius 2 is 2.00 bits per heavy atom. The minimum Gasteiger partial charge on any atom is -0.255 e.